The van der Waals surface area contributed by atoms with E-state index in [9.17, 15) is 4.79 Å². The molecule has 0 atom stereocenters. The first-order chi connectivity index (χ1) is 8.49. The molecule has 7 heteroatoms. The van der Waals surface area contributed by atoms with Crippen LogP contribution in [0.1, 0.15) is 21.7 Å². The second kappa shape index (κ2) is 4.96. The second-order valence-electron chi connectivity index (χ2n) is 3.75. The molecule has 0 aliphatic carbocycles. The molecule has 0 saturated carbocycles. The van der Waals surface area contributed by atoms with Crippen LogP contribution in [0, 0.1) is 13.8 Å². The molecule has 94 valence electrons. The van der Waals surface area contributed by atoms with Gasteiger partial charge in [0.05, 0.1) is 27.7 Å². The van der Waals surface area contributed by atoms with E-state index in [1.54, 1.807) is 6.92 Å². The number of carbonyl (C=O) groups is 1. The lowest BCUT2D eigenvalue weighted by atomic mass is 10.2. The van der Waals surface area contributed by atoms with E-state index in [2.05, 4.69) is 20.5 Å². The van der Waals surface area contributed by atoms with Gasteiger partial charge >= 0.3 is 0 Å². The van der Waals surface area contributed by atoms with Crippen molar-refractivity contribution in [2.24, 2.45) is 0 Å². The average Bonchev–Trinajstić information content (AvgIpc) is 2.64. The number of halogens is 2. The smallest absolute Gasteiger partial charge is 0.257 e. The van der Waals surface area contributed by atoms with Gasteiger partial charge in [-0.05, 0) is 19.9 Å². The number of pyridine rings is 1. The molecule has 0 spiro atoms. The van der Waals surface area contributed by atoms with Gasteiger partial charge in [0, 0.05) is 6.20 Å². The monoisotopic (exact) mass is 284 g/mol. The Bertz CT molecular complexity index is 590. The van der Waals surface area contributed by atoms with E-state index in [-0.39, 0.29) is 21.6 Å². The highest BCUT2D eigenvalue weighted by atomic mass is 35.5. The highest BCUT2D eigenvalue weighted by molar-refractivity contribution is 6.35. The number of hydrogen-bond donors (Lipinski definition) is 2. The molecule has 0 fully saturated rings. The molecule has 0 radical (unpaired) electrons. The topological polar surface area (TPSA) is 70.7 Å². The van der Waals surface area contributed by atoms with E-state index in [1.165, 1.54) is 12.3 Å². The van der Waals surface area contributed by atoms with Crippen molar-refractivity contribution in [3.8, 4) is 0 Å². The van der Waals surface area contributed by atoms with Crippen LogP contribution >= 0.6 is 23.2 Å². The number of carbonyl (C=O) groups excluding carboxylic acids is 1. The summed E-state index contributed by atoms with van der Waals surface area (Å²) in [5.74, 6) is -0.350. The molecule has 2 heterocycles. The van der Waals surface area contributed by atoms with Crippen LogP contribution in [0.5, 0.6) is 0 Å². The number of anilines is 1. The summed E-state index contributed by atoms with van der Waals surface area (Å²) in [4.78, 5) is 15.9. The maximum Gasteiger partial charge on any atom is 0.257 e. The van der Waals surface area contributed by atoms with E-state index in [0.29, 0.717) is 11.4 Å². The fourth-order valence-corrected chi connectivity index (χ4v) is 1.85. The fraction of sp³-hybridized carbons (Fsp3) is 0.182. The Morgan fingerprint density at radius 1 is 1.39 bits per heavy atom. The molecule has 2 rings (SSSR count). The summed E-state index contributed by atoms with van der Waals surface area (Å²) in [5.41, 5.74) is 2.40. The lowest BCUT2D eigenvalue weighted by Crippen LogP contribution is -2.13. The number of aromatic amines is 1. The first-order valence-corrected chi connectivity index (χ1v) is 5.88. The van der Waals surface area contributed by atoms with E-state index < -0.39 is 0 Å². The van der Waals surface area contributed by atoms with Crippen molar-refractivity contribution < 1.29 is 4.79 Å². The number of nitrogens with one attached hydrogen (secondary N) is 2. The van der Waals surface area contributed by atoms with Crippen molar-refractivity contribution in [1.29, 1.82) is 0 Å². The summed E-state index contributed by atoms with van der Waals surface area (Å²) < 4.78 is 0. The van der Waals surface area contributed by atoms with E-state index in [4.69, 9.17) is 23.2 Å². The third kappa shape index (κ3) is 2.47. The third-order valence-corrected chi connectivity index (χ3v) is 2.94. The third-order valence-electron chi connectivity index (χ3n) is 2.43. The van der Waals surface area contributed by atoms with E-state index >= 15 is 0 Å². The number of aryl methyl sites for hydroxylation is 2. The zero-order valence-corrected chi connectivity index (χ0v) is 11.2. The maximum absolute atomic E-state index is 12.1. The number of hydrogen-bond acceptors (Lipinski definition) is 3. The van der Waals surface area contributed by atoms with Gasteiger partial charge in [-0.3, -0.25) is 9.89 Å². The van der Waals surface area contributed by atoms with Crippen molar-refractivity contribution in [2.45, 2.75) is 13.8 Å². The normalized spacial score (nSPS) is 10.4. The van der Waals surface area contributed by atoms with Crippen LogP contribution in [0.25, 0.3) is 0 Å². The zero-order chi connectivity index (χ0) is 13.3. The number of H-pyrrole nitrogens is 1. The Morgan fingerprint density at radius 2 is 2.11 bits per heavy atom. The van der Waals surface area contributed by atoms with Gasteiger partial charge in [0.1, 0.15) is 5.15 Å². The number of nitrogens with zero attached hydrogens (tertiary/aromatic N) is 2. The van der Waals surface area contributed by atoms with Gasteiger partial charge in [0.15, 0.2) is 0 Å². The van der Waals surface area contributed by atoms with Gasteiger partial charge in [0.25, 0.3) is 5.91 Å². The van der Waals surface area contributed by atoms with Crippen molar-refractivity contribution in [1.82, 2.24) is 15.2 Å². The molecule has 0 unspecified atom stereocenters. The van der Waals surface area contributed by atoms with Gasteiger partial charge in [0.2, 0.25) is 0 Å². The van der Waals surface area contributed by atoms with Gasteiger partial charge < -0.3 is 5.32 Å². The summed E-state index contributed by atoms with van der Waals surface area (Å²) >= 11 is 11.6. The standard InChI is InChI=1S/C11H10Cl2N4O/c1-5-10(6(2)17-16-5)15-11(18)7-3-9(13)14-4-8(7)12/h3-4H,1-2H3,(H,15,18)(H,16,17). The number of amides is 1. The van der Waals surface area contributed by atoms with Gasteiger partial charge in [-0.25, -0.2) is 4.98 Å². The van der Waals surface area contributed by atoms with Crippen molar-refractivity contribution >= 4 is 34.8 Å². The molecule has 2 N–H and O–H groups in total. The van der Waals surface area contributed by atoms with Crippen LogP contribution in [0.3, 0.4) is 0 Å². The first kappa shape index (κ1) is 12.9. The molecule has 2 aromatic heterocycles. The SMILES string of the molecule is Cc1n[nH]c(C)c1NC(=O)c1cc(Cl)ncc1Cl. The minimum atomic E-state index is -0.350. The van der Waals surface area contributed by atoms with Crippen LogP contribution in [0.15, 0.2) is 12.3 Å². The molecule has 0 saturated heterocycles. The lowest BCUT2D eigenvalue weighted by molar-refractivity contribution is 0.102. The summed E-state index contributed by atoms with van der Waals surface area (Å²) in [6.07, 6.45) is 1.34. The maximum atomic E-state index is 12.1. The second-order valence-corrected chi connectivity index (χ2v) is 4.54. The molecule has 0 aromatic carbocycles. The van der Waals surface area contributed by atoms with Crippen LogP contribution < -0.4 is 5.32 Å². The molecule has 0 aliphatic rings. The molecular weight excluding hydrogens is 275 g/mol. The van der Waals surface area contributed by atoms with Crippen molar-refractivity contribution in [3.05, 3.63) is 39.4 Å². The van der Waals surface area contributed by atoms with Gasteiger partial charge in [-0.1, -0.05) is 23.2 Å². The Morgan fingerprint density at radius 3 is 2.72 bits per heavy atom. The minimum absolute atomic E-state index is 0.213. The summed E-state index contributed by atoms with van der Waals surface area (Å²) in [6, 6.07) is 1.42. The highest BCUT2D eigenvalue weighted by Gasteiger charge is 2.15. The molecule has 5 nitrogen and oxygen atoms in total. The van der Waals surface area contributed by atoms with Crippen LogP contribution in [0.2, 0.25) is 10.2 Å². The molecule has 1 amide bonds. The predicted octanol–water partition coefficient (Wildman–Crippen LogP) is 2.98. The quantitative estimate of drug-likeness (QED) is 0.833. The Balaban J connectivity index is 2.30. The largest absolute Gasteiger partial charge is 0.319 e. The van der Waals surface area contributed by atoms with Crippen LogP contribution in [-0.2, 0) is 0 Å². The Hall–Kier alpha value is -1.59. The van der Waals surface area contributed by atoms with Gasteiger partial charge in [-0.2, -0.15) is 5.10 Å². The fourth-order valence-electron chi connectivity index (χ4n) is 1.50. The summed E-state index contributed by atoms with van der Waals surface area (Å²) in [7, 11) is 0. The Kier molecular flexibility index (Phi) is 3.54. The highest BCUT2D eigenvalue weighted by Crippen LogP contribution is 2.22. The molecule has 0 aliphatic heterocycles. The first-order valence-electron chi connectivity index (χ1n) is 5.13. The van der Waals surface area contributed by atoms with Crippen LogP contribution in [0.4, 0.5) is 5.69 Å². The molecule has 18 heavy (non-hydrogen) atoms. The summed E-state index contributed by atoms with van der Waals surface area (Å²) in [6.45, 7) is 3.61. The number of rotatable bonds is 2. The minimum Gasteiger partial charge on any atom is -0.319 e. The van der Waals surface area contributed by atoms with E-state index in [1.807, 2.05) is 6.92 Å². The average molecular weight is 285 g/mol. The zero-order valence-electron chi connectivity index (χ0n) is 9.71. The van der Waals surface area contributed by atoms with Crippen molar-refractivity contribution in [3.63, 3.8) is 0 Å². The Labute approximate surface area is 114 Å². The van der Waals surface area contributed by atoms with Crippen LogP contribution in [-0.4, -0.2) is 21.1 Å². The van der Waals surface area contributed by atoms with Gasteiger partial charge in [-0.15, -0.1) is 0 Å². The lowest BCUT2D eigenvalue weighted by Gasteiger charge is -2.06. The molecular formula is C11H10Cl2N4O. The number of aromatic nitrogens is 3. The van der Waals surface area contributed by atoms with Crippen molar-refractivity contribution in [2.75, 3.05) is 5.32 Å². The molecule has 2 aromatic rings. The summed E-state index contributed by atoms with van der Waals surface area (Å²) in [5, 5.41) is 9.97. The predicted molar refractivity (Wildman–Crippen MR) is 70.3 cm³/mol. The van der Waals surface area contributed by atoms with E-state index in [0.717, 1.165) is 5.69 Å². The molecule has 0 bridgehead atoms.